The van der Waals surface area contributed by atoms with Crippen molar-refractivity contribution in [3.05, 3.63) is 30.0 Å². The normalized spacial score (nSPS) is 12.9. The van der Waals surface area contributed by atoms with Crippen molar-refractivity contribution in [3.8, 4) is 0 Å². The van der Waals surface area contributed by atoms with Crippen molar-refractivity contribution in [2.24, 2.45) is 0 Å². The van der Waals surface area contributed by atoms with Gasteiger partial charge in [-0.25, -0.2) is 0 Å². The van der Waals surface area contributed by atoms with Gasteiger partial charge in [-0.05, 0) is 20.0 Å². The average Bonchev–Trinajstić information content (AvgIpc) is 2.88. The van der Waals surface area contributed by atoms with Crippen LogP contribution in [0.4, 0.5) is 0 Å². The van der Waals surface area contributed by atoms with Gasteiger partial charge in [0.2, 0.25) is 0 Å². The topological polar surface area (TPSA) is 48.3 Å². The largest absolute Gasteiger partial charge is 0.382 e. The molecule has 1 N–H and O–H groups in total. The molecule has 0 spiro atoms. The van der Waals surface area contributed by atoms with E-state index in [4.69, 9.17) is 14.6 Å². The van der Waals surface area contributed by atoms with E-state index >= 15 is 0 Å². The summed E-state index contributed by atoms with van der Waals surface area (Å²) < 4.78 is 12.7. The first-order valence-corrected chi connectivity index (χ1v) is 7.48. The van der Waals surface area contributed by atoms with Crippen LogP contribution in [-0.4, -0.2) is 49.8 Å². The average molecular weight is 291 g/mol. The highest BCUT2D eigenvalue weighted by Crippen LogP contribution is 2.19. The number of para-hydroxylation sites is 1. The molecule has 0 aliphatic heterocycles. The Morgan fingerprint density at radius 2 is 2.10 bits per heavy atom. The molecule has 1 atom stereocenters. The first-order chi connectivity index (χ1) is 10.3. The number of aryl methyl sites for hydroxylation is 1. The Hall–Kier alpha value is -1.43. The lowest BCUT2D eigenvalue weighted by Gasteiger charge is -2.15. The lowest BCUT2D eigenvalue weighted by Crippen LogP contribution is -2.33. The Morgan fingerprint density at radius 1 is 1.29 bits per heavy atom. The van der Waals surface area contributed by atoms with Crippen LogP contribution in [0.5, 0.6) is 0 Å². The van der Waals surface area contributed by atoms with E-state index in [0.29, 0.717) is 19.8 Å². The summed E-state index contributed by atoms with van der Waals surface area (Å²) in [5, 5.41) is 9.27. The molecule has 1 heterocycles. The second kappa shape index (κ2) is 8.12. The quantitative estimate of drug-likeness (QED) is 0.716. The van der Waals surface area contributed by atoms with Crippen LogP contribution in [0.2, 0.25) is 0 Å². The van der Waals surface area contributed by atoms with Gasteiger partial charge in [0.05, 0.1) is 31.0 Å². The molecular formula is C16H25N3O2. The summed E-state index contributed by atoms with van der Waals surface area (Å²) >= 11 is 0. The number of ether oxygens (including phenoxy) is 2. The van der Waals surface area contributed by atoms with Gasteiger partial charge >= 0.3 is 0 Å². The predicted octanol–water partition coefficient (Wildman–Crippen LogP) is 1.85. The molecule has 0 radical (unpaired) electrons. The first-order valence-electron chi connectivity index (χ1n) is 7.48. The number of hydrogen-bond acceptors (Lipinski definition) is 4. The first kappa shape index (κ1) is 15.9. The molecule has 21 heavy (non-hydrogen) atoms. The van der Waals surface area contributed by atoms with Gasteiger partial charge < -0.3 is 14.8 Å². The monoisotopic (exact) mass is 291 g/mol. The Labute approximate surface area is 126 Å². The predicted molar refractivity (Wildman–Crippen MR) is 84.7 cm³/mol. The third-order valence-corrected chi connectivity index (χ3v) is 3.63. The van der Waals surface area contributed by atoms with Crippen molar-refractivity contribution in [1.82, 2.24) is 15.1 Å². The van der Waals surface area contributed by atoms with Crippen LogP contribution >= 0.6 is 0 Å². The molecule has 1 aromatic carbocycles. The van der Waals surface area contributed by atoms with Gasteiger partial charge in [-0.3, -0.25) is 4.68 Å². The number of aromatic nitrogens is 2. The van der Waals surface area contributed by atoms with Crippen LogP contribution in [0.3, 0.4) is 0 Å². The van der Waals surface area contributed by atoms with E-state index < -0.39 is 0 Å². The second-order valence-corrected chi connectivity index (χ2v) is 5.04. The highest BCUT2D eigenvalue weighted by atomic mass is 16.5. The maximum atomic E-state index is 5.62. The minimum atomic E-state index is 0.255. The highest BCUT2D eigenvalue weighted by molar-refractivity contribution is 5.82. The van der Waals surface area contributed by atoms with Crippen molar-refractivity contribution >= 4 is 10.9 Å². The Balaban J connectivity index is 2.07. The number of rotatable bonds is 9. The summed E-state index contributed by atoms with van der Waals surface area (Å²) in [6.07, 6.45) is 0.858. The number of nitrogens with zero attached hydrogens (tertiary/aromatic N) is 2. The minimum Gasteiger partial charge on any atom is -0.382 e. The van der Waals surface area contributed by atoms with E-state index in [1.165, 1.54) is 10.9 Å². The fraction of sp³-hybridized carbons (Fsp3) is 0.562. The summed E-state index contributed by atoms with van der Waals surface area (Å²) in [4.78, 5) is 0. The van der Waals surface area contributed by atoms with Gasteiger partial charge in [-0.2, -0.15) is 5.10 Å². The lowest BCUT2D eigenvalue weighted by atomic mass is 10.1. The third kappa shape index (κ3) is 4.03. The molecule has 116 valence electrons. The number of likely N-dealkylation sites (N-methyl/N-ethyl adjacent to an activating group) is 1. The SMILES string of the molecule is CCn1nc(CC(COCCOC)NC)c2ccccc21. The zero-order valence-electron chi connectivity index (χ0n) is 13.1. The van der Waals surface area contributed by atoms with E-state index in [-0.39, 0.29) is 6.04 Å². The van der Waals surface area contributed by atoms with E-state index in [0.717, 1.165) is 18.7 Å². The summed E-state index contributed by atoms with van der Waals surface area (Å²) in [5.41, 5.74) is 2.33. The lowest BCUT2D eigenvalue weighted by molar-refractivity contribution is 0.0597. The summed E-state index contributed by atoms with van der Waals surface area (Å²) in [6, 6.07) is 8.65. The summed E-state index contributed by atoms with van der Waals surface area (Å²) in [6.45, 7) is 4.91. The highest BCUT2D eigenvalue weighted by Gasteiger charge is 2.14. The van der Waals surface area contributed by atoms with Crippen LogP contribution < -0.4 is 5.32 Å². The molecule has 1 aromatic heterocycles. The number of nitrogens with one attached hydrogen (secondary N) is 1. The van der Waals surface area contributed by atoms with Gasteiger partial charge in [-0.15, -0.1) is 0 Å². The molecule has 0 bridgehead atoms. The molecule has 2 rings (SSSR count). The smallest absolute Gasteiger partial charge is 0.0719 e. The van der Waals surface area contributed by atoms with Crippen molar-refractivity contribution in [2.45, 2.75) is 25.9 Å². The van der Waals surface area contributed by atoms with Crippen molar-refractivity contribution in [3.63, 3.8) is 0 Å². The molecule has 5 nitrogen and oxygen atoms in total. The maximum Gasteiger partial charge on any atom is 0.0719 e. The van der Waals surface area contributed by atoms with E-state index in [9.17, 15) is 0 Å². The molecule has 0 aliphatic carbocycles. The van der Waals surface area contributed by atoms with Gasteiger partial charge in [0, 0.05) is 31.5 Å². The standard InChI is InChI=1S/C16H25N3O2/c1-4-19-16-8-6-5-7-14(16)15(18-19)11-13(17-2)12-21-10-9-20-3/h5-8,13,17H,4,9-12H2,1-3H3. The molecule has 0 fully saturated rings. The van der Waals surface area contributed by atoms with Crippen LogP contribution in [0.25, 0.3) is 10.9 Å². The zero-order chi connectivity index (χ0) is 15.1. The molecule has 2 aromatic rings. The third-order valence-electron chi connectivity index (χ3n) is 3.63. The molecule has 0 saturated carbocycles. The number of hydrogen-bond donors (Lipinski definition) is 1. The maximum absolute atomic E-state index is 5.62. The minimum absolute atomic E-state index is 0.255. The van der Waals surface area contributed by atoms with E-state index in [2.05, 4.69) is 41.2 Å². The van der Waals surface area contributed by atoms with Crippen LogP contribution in [0, 0.1) is 0 Å². The van der Waals surface area contributed by atoms with E-state index in [1.807, 2.05) is 7.05 Å². The summed E-state index contributed by atoms with van der Waals surface area (Å²) in [7, 11) is 3.64. The van der Waals surface area contributed by atoms with Crippen molar-refractivity contribution in [2.75, 3.05) is 34.0 Å². The molecule has 0 amide bonds. The Bertz CT molecular complexity index is 553. The van der Waals surface area contributed by atoms with Crippen LogP contribution in [0.15, 0.2) is 24.3 Å². The van der Waals surface area contributed by atoms with Gasteiger partial charge in [0.1, 0.15) is 0 Å². The zero-order valence-corrected chi connectivity index (χ0v) is 13.1. The Morgan fingerprint density at radius 3 is 2.81 bits per heavy atom. The fourth-order valence-corrected chi connectivity index (χ4v) is 2.43. The van der Waals surface area contributed by atoms with Gasteiger partial charge in [-0.1, -0.05) is 18.2 Å². The van der Waals surface area contributed by atoms with Gasteiger partial charge in [0.25, 0.3) is 0 Å². The molecule has 1 unspecified atom stereocenters. The molecule has 5 heteroatoms. The second-order valence-electron chi connectivity index (χ2n) is 5.04. The van der Waals surface area contributed by atoms with Crippen molar-refractivity contribution < 1.29 is 9.47 Å². The molecule has 0 aliphatic rings. The van der Waals surface area contributed by atoms with Crippen LogP contribution in [-0.2, 0) is 22.4 Å². The fourth-order valence-electron chi connectivity index (χ4n) is 2.43. The number of benzene rings is 1. The molecular weight excluding hydrogens is 266 g/mol. The number of methoxy groups -OCH3 is 1. The molecule has 0 saturated heterocycles. The number of fused-ring (bicyclic) bond motifs is 1. The van der Waals surface area contributed by atoms with Crippen molar-refractivity contribution in [1.29, 1.82) is 0 Å². The van der Waals surface area contributed by atoms with E-state index in [1.54, 1.807) is 7.11 Å². The van der Waals surface area contributed by atoms with Gasteiger partial charge in [0.15, 0.2) is 0 Å². The summed E-state index contributed by atoms with van der Waals surface area (Å²) in [5.74, 6) is 0. The van der Waals surface area contributed by atoms with Crippen LogP contribution in [0.1, 0.15) is 12.6 Å². The Kier molecular flexibility index (Phi) is 6.17.